The van der Waals surface area contributed by atoms with E-state index in [-0.39, 0.29) is 22.3 Å². The highest BCUT2D eigenvalue weighted by atomic mass is 35.5. The molecular formula is C24H23ClFN5O3S. The van der Waals surface area contributed by atoms with Gasteiger partial charge in [0.05, 0.1) is 23.4 Å². The molecule has 0 aliphatic rings. The van der Waals surface area contributed by atoms with Gasteiger partial charge in [0, 0.05) is 22.8 Å². The zero-order valence-electron chi connectivity index (χ0n) is 19.0. The normalized spacial score (nSPS) is 11.4. The smallest absolute Gasteiger partial charge is 0.238 e. The van der Waals surface area contributed by atoms with Crippen molar-refractivity contribution in [1.29, 1.82) is 0 Å². The fourth-order valence-corrected chi connectivity index (χ4v) is 4.88. The lowest BCUT2D eigenvalue weighted by molar-refractivity contribution is 0.400. The van der Waals surface area contributed by atoms with E-state index in [9.17, 15) is 12.8 Å². The minimum Gasteiger partial charge on any atom is -0.480 e. The van der Waals surface area contributed by atoms with Crippen molar-refractivity contribution in [2.24, 2.45) is 0 Å². The summed E-state index contributed by atoms with van der Waals surface area (Å²) in [7, 11) is -2.12. The minimum absolute atomic E-state index is 0.00657. The number of nitrogens with one attached hydrogen (secondary N) is 2. The molecule has 2 N–H and O–H groups in total. The van der Waals surface area contributed by atoms with E-state index in [1.807, 2.05) is 25.1 Å². The summed E-state index contributed by atoms with van der Waals surface area (Å²) in [6.45, 7) is 1.93. The van der Waals surface area contributed by atoms with Gasteiger partial charge in [-0.05, 0) is 48.4 Å². The van der Waals surface area contributed by atoms with Gasteiger partial charge in [-0.3, -0.25) is 4.72 Å². The third-order valence-corrected chi connectivity index (χ3v) is 6.87. The molecule has 0 aliphatic heterocycles. The lowest BCUT2D eigenvalue weighted by Gasteiger charge is -2.13. The van der Waals surface area contributed by atoms with E-state index in [4.69, 9.17) is 16.3 Å². The van der Waals surface area contributed by atoms with E-state index in [1.54, 1.807) is 18.3 Å². The number of unbranched alkanes of at least 4 members (excludes halogenated alkanes) is 1. The number of aromatic nitrogens is 3. The summed E-state index contributed by atoms with van der Waals surface area (Å²) >= 11 is 5.90. The van der Waals surface area contributed by atoms with Gasteiger partial charge in [0.25, 0.3) is 0 Å². The number of ether oxygens (including phenoxy) is 1. The number of hydrogen-bond acceptors (Lipinski definition) is 7. The molecule has 0 fully saturated rings. The first-order chi connectivity index (χ1) is 16.8. The first kappa shape index (κ1) is 24.6. The second-order valence-electron chi connectivity index (χ2n) is 7.76. The van der Waals surface area contributed by atoms with Crippen molar-refractivity contribution in [3.63, 3.8) is 0 Å². The molecule has 0 radical (unpaired) electrons. The highest BCUT2D eigenvalue weighted by Gasteiger charge is 2.16. The Morgan fingerprint density at radius 3 is 2.63 bits per heavy atom. The summed E-state index contributed by atoms with van der Waals surface area (Å²) in [6, 6.07) is 11.5. The Bertz CT molecular complexity index is 1480. The van der Waals surface area contributed by atoms with Crippen LogP contribution in [0.15, 0.2) is 55.0 Å². The van der Waals surface area contributed by atoms with Crippen molar-refractivity contribution in [1.82, 2.24) is 15.0 Å². The van der Waals surface area contributed by atoms with E-state index in [2.05, 4.69) is 25.0 Å². The molecule has 0 aliphatic carbocycles. The van der Waals surface area contributed by atoms with Crippen LogP contribution >= 0.6 is 11.6 Å². The summed E-state index contributed by atoms with van der Waals surface area (Å²) in [5, 5.41) is 3.84. The fourth-order valence-electron chi connectivity index (χ4n) is 3.45. The zero-order chi connectivity index (χ0) is 25.0. The van der Waals surface area contributed by atoms with Crippen molar-refractivity contribution in [3.8, 4) is 17.0 Å². The number of nitrogens with zero attached hydrogens (tertiary/aromatic N) is 3. The van der Waals surface area contributed by atoms with Gasteiger partial charge in [0.15, 0.2) is 0 Å². The quantitative estimate of drug-likeness (QED) is 0.291. The number of benzene rings is 2. The second kappa shape index (κ2) is 10.4. The van der Waals surface area contributed by atoms with Gasteiger partial charge in [-0.2, -0.15) is 0 Å². The predicted molar refractivity (Wildman–Crippen MR) is 136 cm³/mol. The molecule has 8 nitrogen and oxygen atoms in total. The van der Waals surface area contributed by atoms with Gasteiger partial charge in [-0.25, -0.2) is 27.8 Å². The van der Waals surface area contributed by atoms with Gasteiger partial charge in [-0.15, -0.1) is 0 Å². The minimum atomic E-state index is -3.55. The SMILES string of the molecule is CCCCS(=O)(=O)Nc1cc(-c2ccc3ncnc(Nc4ccc(F)c(Cl)c4)c3c2)cnc1OC. The molecule has 2 heterocycles. The molecule has 0 bridgehead atoms. The lowest BCUT2D eigenvalue weighted by atomic mass is 10.0. The number of methoxy groups -OCH3 is 1. The Hall–Kier alpha value is -3.50. The summed E-state index contributed by atoms with van der Waals surface area (Å²) < 4.78 is 46.3. The Labute approximate surface area is 207 Å². The van der Waals surface area contributed by atoms with Crippen LogP contribution in [0.5, 0.6) is 5.88 Å². The molecule has 2 aromatic carbocycles. The molecule has 11 heteroatoms. The van der Waals surface area contributed by atoms with Crippen LogP contribution in [0.1, 0.15) is 19.8 Å². The number of hydrogen-bond donors (Lipinski definition) is 2. The summed E-state index contributed by atoms with van der Waals surface area (Å²) in [4.78, 5) is 12.9. The van der Waals surface area contributed by atoms with Crippen LogP contribution in [0.2, 0.25) is 5.02 Å². The highest BCUT2D eigenvalue weighted by Crippen LogP contribution is 2.33. The largest absolute Gasteiger partial charge is 0.480 e. The lowest BCUT2D eigenvalue weighted by Crippen LogP contribution is -2.17. The first-order valence-corrected chi connectivity index (χ1v) is 12.8. The molecule has 0 atom stereocenters. The van der Waals surface area contributed by atoms with Crippen molar-refractivity contribution in [2.75, 3.05) is 22.9 Å². The molecule has 4 aromatic rings. The van der Waals surface area contributed by atoms with Crippen LogP contribution in [-0.4, -0.2) is 36.2 Å². The number of rotatable bonds is 9. The molecule has 4 rings (SSSR count). The monoisotopic (exact) mass is 515 g/mol. The van der Waals surface area contributed by atoms with Gasteiger partial charge in [0.1, 0.15) is 23.6 Å². The summed E-state index contributed by atoms with van der Waals surface area (Å²) in [5.74, 6) is 0.169. The van der Waals surface area contributed by atoms with Gasteiger partial charge >= 0.3 is 0 Å². The third kappa shape index (κ3) is 5.77. The zero-order valence-corrected chi connectivity index (χ0v) is 20.6. The molecule has 2 aromatic heterocycles. The third-order valence-electron chi connectivity index (χ3n) is 5.23. The number of sulfonamides is 1. The summed E-state index contributed by atoms with van der Waals surface area (Å²) in [6.07, 6.45) is 4.33. The van der Waals surface area contributed by atoms with Crippen molar-refractivity contribution < 1.29 is 17.5 Å². The van der Waals surface area contributed by atoms with Gasteiger partial charge in [-0.1, -0.05) is 31.0 Å². The van der Waals surface area contributed by atoms with Crippen LogP contribution < -0.4 is 14.8 Å². The van der Waals surface area contributed by atoms with Crippen LogP contribution in [0, 0.1) is 5.82 Å². The molecular weight excluding hydrogens is 493 g/mol. The van der Waals surface area contributed by atoms with Crippen LogP contribution in [0.4, 0.5) is 21.6 Å². The number of fused-ring (bicyclic) bond motifs is 1. The van der Waals surface area contributed by atoms with Gasteiger partial charge < -0.3 is 10.1 Å². The standard InChI is InChI=1S/C24H23ClFN5O3S/c1-3-4-9-35(32,33)31-22-11-16(13-27-24(22)34-2)15-5-8-21-18(10-15)23(29-14-28-21)30-17-6-7-20(26)19(25)12-17/h5-8,10-14,31H,3-4,9H2,1-2H3,(H,28,29,30). The molecule has 0 amide bonds. The molecule has 0 saturated heterocycles. The number of anilines is 3. The van der Waals surface area contributed by atoms with Crippen LogP contribution in [-0.2, 0) is 10.0 Å². The van der Waals surface area contributed by atoms with Crippen molar-refractivity contribution in [2.45, 2.75) is 19.8 Å². The van der Waals surface area contributed by atoms with Crippen molar-refractivity contribution in [3.05, 3.63) is 65.8 Å². The maximum absolute atomic E-state index is 13.5. The molecule has 0 unspecified atom stereocenters. The Balaban J connectivity index is 1.72. The second-order valence-corrected chi connectivity index (χ2v) is 10.0. The number of pyridine rings is 1. The Morgan fingerprint density at radius 2 is 1.89 bits per heavy atom. The summed E-state index contributed by atoms with van der Waals surface area (Å²) in [5.41, 5.74) is 2.93. The van der Waals surface area contributed by atoms with E-state index in [0.29, 0.717) is 34.4 Å². The van der Waals surface area contributed by atoms with Crippen LogP contribution in [0.25, 0.3) is 22.0 Å². The Morgan fingerprint density at radius 1 is 1.06 bits per heavy atom. The average molecular weight is 516 g/mol. The van der Waals surface area contributed by atoms with E-state index in [0.717, 1.165) is 12.0 Å². The molecule has 0 spiro atoms. The molecule has 182 valence electrons. The predicted octanol–water partition coefficient (Wildman–Crippen LogP) is 5.78. The first-order valence-electron chi connectivity index (χ1n) is 10.8. The highest BCUT2D eigenvalue weighted by molar-refractivity contribution is 7.92. The number of halogens is 2. The van der Waals surface area contributed by atoms with Crippen LogP contribution in [0.3, 0.4) is 0 Å². The average Bonchev–Trinajstić information content (AvgIpc) is 2.85. The topological polar surface area (TPSA) is 106 Å². The maximum atomic E-state index is 13.5. The van der Waals surface area contributed by atoms with E-state index in [1.165, 1.54) is 25.6 Å². The maximum Gasteiger partial charge on any atom is 0.238 e. The van der Waals surface area contributed by atoms with E-state index >= 15 is 0 Å². The fraction of sp³-hybridized carbons (Fsp3) is 0.208. The van der Waals surface area contributed by atoms with Gasteiger partial charge in [0.2, 0.25) is 15.9 Å². The molecule has 0 saturated carbocycles. The molecule has 35 heavy (non-hydrogen) atoms. The van der Waals surface area contributed by atoms with E-state index < -0.39 is 15.8 Å². The van der Waals surface area contributed by atoms with Crippen molar-refractivity contribution >= 4 is 49.7 Å². The Kier molecular flexibility index (Phi) is 7.32.